The number of hydrogen-bond donors (Lipinski definition) is 1. The third-order valence-electron chi connectivity index (χ3n) is 1.64. The van der Waals surface area contributed by atoms with Crippen molar-refractivity contribution in [2.45, 2.75) is 32.2 Å². The number of nitrogens with one attached hydrogen (secondary N) is 1. The average Bonchev–Trinajstić information content (AvgIpc) is 2.31. The van der Waals surface area contributed by atoms with E-state index in [2.05, 4.69) is 12.2 Å². The lowest BCUT2D eigenvalue weighted by atomic mass is 10.1. The Hall–Kier alpha value is 0.240. The molecule has 0 saturated carbocycles. The molecule has 3 heteroatoms. The summed E-state index contributed by atoms with van der Waals surface area (Å²) in [6.07, 6.45) is 3.89. The van der Waals surface area contributed by atoms with E-state index in [4.69, 9.17) is 12.2 Å². The summed E-state index contributed by atoms with van der Waals surface area (Å²) in [7, 11) is 0. The van der Waals surface area contributed by atoms with Crippen molar-refractivity contribution in [1.29, 1.82) is 0 Å². The predicted molar refractivity (Wildman–Crippen MR) is 51.5 cm³/mol. The van der Waals surface area contributed by atoms with Crippen LogP contribution in [0.3, 0.4) is 0 Å². The minimum atomic E-state index is 0.664. The van der Waals surface area contributed by atoms with Crippen LogP contribution in [-0.4, -0.2) is 16.1 Å². The van der Waals surface area contributed by atoms with E-state index in [-0.39, 0.29) is 0 Å². The highest BCUT2D eigenvalue weighted by Gasteiger charge is 2.17. The van der Waals surface area contributed by atoms with E-state index >= 15 is 0 Å². The number of unbranched alkanes of at least 4 members (excludes halogenated alkanes) is 1. The van der Waals surface area contributed by atoms with Gasteiger partial charge in [0, 0.05) is 11.8 Å². The first-order chi connectivity index (χ1) is 4.83. The SMILES string of the molecule is CCCCC1CSC(=S)N1. The van der Waals surface area contributed by atoms with Gasteiger partial charge in [-0.2, -0.15) is 0 Å². The maximum atomic E-state index is 5.00. The van der Waals surface area contributed by atoms with E-state index < -0.39 is 0 Å². The molecule has 1 saturated heterocycles. The molecule has 0 radical (unpaired) electrons. The average molecular weight is 175 g/mol. The van der Waals surface area contributed by atoms with Gasteiger partial charge in [0.15, 0.2) is 0 Å². The van der Waals surface area contributed by atoms with Gasteiger partial charge >= 0.3 is 0 Å². The Bertz CT molecular complexity index is 125. The highest BCUT2D eigenvalue weighted by atomic mass is 32.2. The predicted octanol–water partition coefficient (Wildman–Crippen LogP) is 2.17. The number of rotatable bonds is 3. The molecule has 0 aromatic carbocycles. The summed E-state index contributed by atoms with van der Waals surface area (Å²) in [5.74, 6) is 1.18. The zero-order chi connectivity index (χ0) is 7.40. The van der Waals surface area contributed by atoms with Crippen molar-refractivity contribution in [3.63, 3.8) is 0 Å². The summed E-state index contributed by atoms with van der Waals surface area (Å²) in [4.78, 5) is 0. The molecule has 1 aliphatic heterocycles. The molecule has 0 aromatic rings. The topological polar surface area (TPSA) is 12.0 Å². The Morgan fingerprint density at radius 1 is 1.80 bits per heavy atom. The summed E-state index contributed by atoms with van der Waals surface area (Å²) >= 11 is 6.77. The molecule has 0 spiro atoms. The van der Waals surface area contributed by atoms with E-state index in [9.17, 15) is 0 Å². The Kier molecular flexibility index (Phi) is 3.49. The van der Waals surface area contributed by atoms with Crippen LogP contribution in [0.15, 0.2) is 0 Å². The van der Waals surface area contributed by atoms with Gasteiger partial charge in [-0.25, -0.2) is 0 Å². The summed E-state index contributed by atoms with van der Waals surface area (Å²) in [5, 5.41) is 3.28. The number of thioether (sulfide) groups is 1. The Morgan fingerprint density at radius 3 is 3.10 bits per heavy atom. The number of thiocarbonyl (C=S) groups is 1. The molecule has 1 N–H and O–H groups in total. The van der Waals surface area contributed by atoms with Gasteiger partial charge < -0.3 is 5.32 Å². The van der Waals surface area contributed by atoms with Crippen LogP contribution < -0.4 is 5.32 Å². The summed E-state index contributed by atoms with van der Waals surface area (Å²) < 4.78 is 0.987. The van der Waals surface area contributed by atoms with Gasteiger partial charge in [-0.05, 0) is 6.42 Å². The van der Waals surface area contributed by atoms with Gasteiger partial charge in [0.2, 0.25) is 0 Å². The van der Waals surface area contributed by atoms with Crippen molar-refractivity contribution in [3.8, 4) is 0 Å². The molecule has 0 aliphatic carbocycles. The van der Waals surface area contributed by atoms with E-state index in [1.54, 1.807) is 11.8 Å². The molecule has 0 bridgehead atoms. The molecule has 1 heterocycles. The summed E-state index contributed by atoms with van der Waals surface area (Å²) in [5.41, 5.74) is 0. The molecular formula is C7H13NS2. The van der Waals surface area contributed by atoms with Crippen LogP contribution in [-0.2, 0) is 0 Å². The Balaban J connectivity index is 2.12. The molecule has 58 valence electrons. The summed E-state index contributed by atoms with van der Waals surface area (Å²) in [6.45, 7) is 2.22. The van der Waals surface area contributed by atoms with Crippen molar-refractivity contribution in [3.05, 3.63) is 0 Å². The molecule has 1 nitrogen and oxygen atoms in total. The van der Waals surface area contributed by atoms with Crippen LogP contribution in [0.5, 0.6) is 0 Å². The van der Waals surface area contributed by atoms with Crippen LogP contribution in [0.2, 0.25) is 0 Å². The molecule has 1 rings (SSSR count). The monoisotopic (exact) mass is 175 g/mol. The molecular weight excluding hydrogens is 162 g/mol. The largest absolute Gasteiger partial charge is 0.367 e. The third kappa shape index (κ3) is 2.46. The van der Waals surface area contributed by atoms with Crippen LogP contribution >= 0.6 is 24.0 Å². The lowest BCUT2D eigenvalue weighted by molar-refractivity contribution is 0.590. The van der Waals surface area contributed by atoms with Gasteiger partial charge in [0.05, 0.1) is 0 Å². The minimum absolute atomic E-state index is 0.664. The molecule has 10 heavy (non-hydrogen) atoms. The van der Waals surface area contributed by atoms with Crippen LogP contribution in [0, 0.1) is 0 Å². The number of hydrogen-bond acceptors (Lipinski definition) is 2. The van der Waals surface area contributed by atoms with Crippen molar-refractivity contribution < 1.29 is 0 Å². The lowest BCUT2D eigenvalue weighted by Gasteiger charge is -2.06. The first-order valence-corrected chi connectivity index (χ1v) is 5.15. The maximum Gasteiger partial charge on any atom is 0.134 e. The molecule has 1 atom stereocenters. The van der Waals surface area contributed by atoms with Crippen molar-refractivity contribution in [2.75, 3.05) is 5.75 Å². The zero-order valence-corrected chi connectivity index (χ0v) is 7.86. The zero-order valence-electron chi connectivity index (χ0n) is 6.22. The Morgan fingerprint density at radius 2 is 2.60 bits per heavy atom. The standard InChI is InChI=1S/C7H13NS2/c1-2-3-4-6-5-10-7(9)8-6/h6H,2-5H2,1H3,(H,8,9). The minimum Gasteiger partial charge on any atom is -0.367 e. The van der Waals surface area contributed by atoms with Crippen LogP contribution in [0.4, 0.5) is 0 Å². The second-order valence-electron chi connectivity index (χ2n) is 2.58. The van der Waals surface area contributed by atoms with Gasteiger partial charge in [-0.3, -0.25) is 0 Å². The van der Waals surface area contributed by atoms with Crippen LogP contribution in [0.1, 0.15) is 26.2 Å². The molecule has 1 fully saturated rings. The smallest absolute Gasteiger partial charge is 0.134 e. The first kappa shape index (κ1) is 8.34. The van der Waals surface area contributed by atoms with Gasteiger partial charge in [-0.15, -0.1) is 0 Å². The fourth-order valence-corrected chi connectivity index (χ4v) is 2.26. The lowest BCUT2D eigenvalue weighted by Crippen LogP contribution is -2.25. The molecule has 0 aromatic heterocycles. The van der Waals surface area contributed by atoms with Crippen molar-refractivity contribution in [2.24, 2.45) is 0 Å². The summed E-state index contributed by atoms with van der Waals surface area (Å²) in [6, 6.07) is 0.664. The van der Waals surface area contributed by atoms with Gasteiger partial charge in [0.25, 0.3) is 0 Å². The third-order valence-corrected chi connectivity index (χ3v) is 3.06. The van der Waals surface area contributed by atoms with E-state index in [1.165, 1.54) is 25.0 Å². The van der Waals surface area contributed by atoms with Gasteiger partial charge in [-0.1, -0.05) is 43.7 Å². The van der Waals surface area contributed by atoms with E-state index in [0.29, 0.717) is 6.04 Å². The fourth-order valence-electron chi connectivity index (χ4n) is 1.03. The first-order valence-electron chi connectivity index (χ1n) is 3.76. The van der Waals surface area contributed by atoms with E-state index in [0.717, 1.165) is 4.32 Å². The highest BCUT2D eigenvalue weighted by molar-refractivity contribution is 8.23. The quantitative estimate of drug-likeness (QED) is 0.660. The molecule has 0 amide bonds. The molecule has 1 aliphatic rings. The molecule has 1 unspecified atom stereocenters. The Labute approximate surface area is 72.0 Å². The van der Waals surface area contributed by atoms with Crippen molar-refractivity contribution >= 4 is 28.3 Å². The fraction of sp³-hybridized carbons (Fsp3) is 0.857. The van der Waals surface area contributed by atoms with Crippen molar-refractivity contribution in [1.82, 2.24) is 5.32 Å². The second-order valence-corrected chi connectivity index (χ2v) is 4.28. The maximum absolute atomic E-state index is 5.00. The second kappa shape index (κ2) is 4.19. The van der Waals surface area contributed by atoms with Gasteiger partial charge in [0.1, 0.15) is 4.32 Å². The van der Waals surface area contributed by atoms with Crippen LogP contribution in [0.25, 0.3) is 0 Å². The highest BCUT2D eigenvalue weighted by Crippen LogP contribution is 2.17. The normalized spacial score (nSPS) is 24.9. The van der Waals surface area contributed by atoms with E-state index in [1.807, 2.05) is 0 Å².